The van der Waals surface area contributed by atoms with Crippen molar-refractivity contribution in [1.29, 1.82) is 0 Å². The van der Waals surface area contributed by atoms with Crippen molar-refractivity contribution in [3.63, 3.8) is 0 Å². The summed E-state index contributed by atoms with van der Waals surface area (Å²) >= 11 is 12.1. The van der Waals surface area contributed by atoms with E-state index in [2.05, 4.69) is 21.0 Å². The molecule has 3 aromatic rings. The second-order valence-electron chi connectivity index (χ2n) is 9.77. The second-order valence-corrected chi connectivity index (χ2v) is 10.6. The van der Waals surface area contributed by atoms with Crippen molar-refractivity contribution in [3.05, 3.63) is 64.0 Å². The smallest absolute Gasteiger partial charge is 0.305 e. The van der Waals surface area contributed by atoms with E-state index >= 15 is 0 Å². The highest BCUT2D eigenvalue weighted by Gasteiger charge is 2.34. The Hall–Kier alpha value is -4.33. The topological polar surface area (TPSA) is 188 Å². The quantitative estimate of drug-likeness (QED) is 0.171. The number of Topliss-reactive ketones (excluding diaryl/α,β-unsaturated/α-hetero) is 1. The number of hydrogen-bond acceptors (Lipinski definition) is 9. The van der Waals surface area contributed by atoms with Crippen LogP contribution in [0.5, 0.6) is 0 Å². The number of nitrogens with one attached hydrogen (secondary N) is 3. The number of carboxylic acid groups (broad SMARTS) is 1. The molecule has 43 heavy (non-hydrogen) atoms. The number of amides is 3. The Morgan fingerprint density at radius 2 is 1.88 bits per heavy atom. The molecule has 1 aliphatic heterocycles. The lowest BCUT2D eigenvalue weighted by atomic mass is 10.1. The van der Waals surface area contributed by atoms with E-state index in [1.807, 2.05) is 0 Å². The molecule has 2 heterocycles. The van der Waals surface area contributed by atoms with E-state index in [9.17, 15) is 33.9 Å². The summed E-state index contributed by atoms with van der Waals surface area (Å²) in [5.41, 5.74) is 3.43. The van der Waals surface area contributed by atoms with Gasteiger partial charge in [0.2, 0.25) is 17.6 Å². The van der Waals surface area contributed by atoms with E-state index < -0.39 is 59.9 Å². The predicted octanol–water partition coefficient (Wildman–Crippen LogP) is 2.55. The molecule has 226 valence electrons. The number of oxazole rings is 1. The first kappa shape index (κ1) is 31.6. The van der Waals surface area contributed by atoms with Crippen LogP contribution in [-0.4, -0.2) is 75.5 Å². The number of aliphatic carboxylic acids is 1. The van der Waals surface area contributed by atoms with Crippen molar-refractivity contribution in [3.8, 4) is 0 Å². The standard InChI is InChI=1S/C28H27Cl2N5O8/c29-16-11-18(30)25-21(12-16)33-28(43-25)24(40)20(13-23(38)39)32-27(42)19-7-4-10-35(34-19)22(37)9-8-17(14-36)31-26(41)15-5-2-1-3-6-15/h1-3,5-6,11-12,14,17,19-20,34H,4,7-10,13H2,(H,31,41)(H,32,42)(H,38,39)/t17-,19?,20-/m0/s1. The molecule has 13 nitrogen and oxygen atoms in total. The Kier molecular flexibility index (Phi) is 10.5. The number of aromatic nitrogens is 1. The lowest BCUT2D eigenvalue weighted by Crippen LogP contribution is -2.59. The molecule has 0 spiro atoms. The zero-order valence-corrected chi connectivity index (χ0v) is 24.1. The lowest BCUT2D eigenvalue weighted by Gasteiger charge is -2.34. The molecule has 15 heteroatoms. The maximum atomic E-state index is 13.1. The van der Waals surface area contributed by atoms with Gasteiger partial charge in [-0.05, 0) is 43.5 Å². The third-order valence-electron chi connectivity index (χ3n) is 6.62. The normalized spacial score (nSPS) is 16.2. The molecule has 1 unspecified atom stereocenters. The Labute approximate surface area is 254 Å². The molecule has 1 aromatic heterocycles. The summed E-state index contributed by atoms with van der Waals surface area (Å²) in [6.45, 7) is 0.272. The van der Waals surface area contributed by atoms with Crippen LogP contribution in [0.15, 0.2) is 46.9 Å². The van der Waals surface area contributed by atoms with Crippen LogP contribution in [0, 0.1) is 0 Å². The third-order valence-corrected chi connectivity index (χ3v) is 7.12. The predicted molar refractivity (Wildman–Crippen MR) is 153 cm³/mol. The van der Waals surface area contributed by atoms with Crippen molar-refractivity contribution >= 4 is 70.1 Å². The van der Waals surface area contributed by atoms with Crippen LogP contribution in [0.25, 0.3) is 11.1 Å². The lowest BCUT2D eigenvalue weighted by molar-refractivity contribution is -0.139. The zero-order valence-electron chi connectivity index (χ0n) is 22.5. The number of rotatable bonds is 12. The van der Waals surface area contributed by atoms with Crippen LogP contribution in [0.3, 0.4) is 0 Å². The van der Waals surface area contributed by atoms with Crippen molar-refractivity contribution in [2.75, 3.05) is 6.54 Å². The molecule has 2 aromatic carbocycles. The zero-order chi connectivity index (χ0) is 31.1. The molecule has 3 atom stereocenters. The Balaban J connectivity index is 1.36. The fraction of sp³-hybridized carbons (Fsp3) is 0.321. The number of hydrogen-bond donors (Lipinski definition) is 4. The van der Waals surface area contributed by atoms with Gasteiger partial charge in [-0.15, -0.1) is 0 Å². The van der Waals surface area contributed by atoms with Crippen molar-refractivity contribution in [2.45, 2.75) is 50.2 Å². The van der Waals surface area contributed by atoms with Gasteiger partial charge in [0, 0.05) is 23.6 Å². The van der Waals surface area contributed by atoms with Gasteiger partial charge in [-0.25, -0.2) is 10.4 Å². The molecular formula is C28H27Cl2N5O8. The monoisotopic (exact) mass is 631 g/mol. The van der Waals surface area contributed by atoms with Gasteiger partial charge in [-0.2, -0.15) is 0 Å². The minimum Gasteiger partial charge on any atom is -0.481 e. The average molecular weight is 632 g/mol. The number of carbonyl (C=O) groups is 6. The summed E-state index contributed by atoms with van der Waals surface area (Å²) in [6, 6.07) is 7.73. The summed E-state index contributed by atoms with van der Waals surface area (Å²) in [6.07, 6.45) is 0.447. The first-order valence-electron chi connectivity index (χ1n) is 13.3. The molecule has 1 saturated heterocycles. The summed E-state index contributed by atoms with van der Waals surface area (Å²) in [7, 11) is 0. The highest BCUT2D eigenvalue weighted by molar-refractivity contribution is 6.38. The van der Waals surface area contributed by atoms with Gasteiger partial charge in [0.15, 0.2) is 5.58 Å². The molecule has 0 bridgehead atoms. The highest BCUT2D eigenvalue weighted by atomic mass is 35.5. The average Bonchev–Trinajstić information content (AvgIpc) is 3.43. The van der Waals surface area contributed by atoms with Gasteiger partial charge in [-0.3, -0.25) is 29.0 Å². The maximum Gasteiger partial charge on any atom is 0.305 e. The number of carbonyl (C=O) groups excluding carboxylic acids is 5. The summed E-state index contributed by atoms with van der Waals surface area (Å²) < 4.78 is 5.44. The first-order valence-corrected chi connectivity index (χ1v) is 14.0. The molecule has 1 aliphatic rings. The number of halogens is 2. The van der Waals surface area contributed by atoms with Crippen molar-refractivity contribution in [2.24, 2.45) is 0 Å². The number of aldehydes is 1. The molecule has 0 radical (unpaired) electrons. The van der Waals surface area contributed by atoms with Crippen LogP contribution >= 0.6 is 23.2 Å². The Morgan fingerprint density at radius 1 is 1.14 bits per heavy atom. The van der Waals surface area contributed by atoms with Crippen LogP contribution in [0.4, 0.5) is 0 Å². The van der Waals surface area contributed by atoms with E-state index in [1.165, 1.54) is 17.1 Å². The minimum atomic E-state index is -1.53. The van der Waals surface area contributed by atoms with Crippen LogP contribution < -0.4 is 16.1 Å². The number of benzene rings is 2. The summed E-state index contributed by atoms with van der Waals surface area (Å²) in [4.78, 5) is 78.5. The second kappa shape index (κ2) is 14.2. The van der Waals surface area contributed by atoms with Gasteiger partial charge >= 0.3 is 5.97 Å². The van der Waals surface area contributed by atoms with E-state index in [0.29, 0.717) is 24.7 Å². The number of fused-ring (bicyclic) bond motifs is 1. The third kappa shape index (κ3) is 8.15. The molecule has 0 saturated carbocycles. The van der Waals surface area contributed by atoms with Gasteiger partial charge < -0.3 is 25.0 Å². The van der Waals surface area contributed by atoms with Crippen molar-refractivity contribution in [1.82, 2.24) is 26.1 Å². The van der Waals surface area contributed by atoms with E-state index in [0.717, 1.165) is 0 Å². The SMILES string of the molecule is O=C[C@H](CCC(=O)N1CCCC(C(=O)N[C@@H](CC(=O)O)C(=O)c2nc3cc(Cl)cc(Cl)c3o2)N1)NC(=O)c1ccccc1. The maximum absolute atomic E-state index is 13.1. The van der Waals surface area contributed by atoms with Crippen LogP contribution in [-0.2, 0) is 19.2 Å². The van der Waals surface area contributed by atoms with E-state index in [4.69, 9.17) is 27.6 Å². The van der Waals surface area contributed by atoms with Gasteiger partial charge in [0.05, 0.1) is 17.5 Å². The van der Waals surface area contributed by atoms with Gasteiger partial charge in [-0.1, -0.05) is 41.4 Å². The van der Waals surface area contributed by atoms with E-state index in [-0.39, 0.29) is 40.5 Å². The molecule has 3 amide bonds. The largest absolute Gasteiger partial charge is 0.481 e. The summed E-state index contributed by atoms with van der Waals surface area (Å²) in [5.74, 6) is -4.28. The molecule has 4 rings (SSSR count). The van der Waals surface area contributed by atoms with Gasteiger partial charge in [0.25, 0.3) is 11.8 Å². The minimum absolute atomic E-state index is 0.0326. The van der Waals surface area contributed by atoms with Crippen LogP contribution in [0.2, 0.25) is 10.0 Å². The first-order chi connectivity index (χ1) is 20.5. The number of carboxylic acids is 1. The molecule has 4 N–H and O–H groups in total. The van der Waals surface area contributed by atoms with Gasteiger partial charge in [0.1, 0.15) is 23.9 Å². The number of nitrogens with zero attached hydrogens (tertiary/aromatic N) is 2. The Morgan fingerprint density at radius 3 is 2.58 bits per heavy atom. The Bertz CT molecular complexity index is 1550. The highest BCUT2D eigenvalue weighted by Crippen LogP contribution is 2.29. The van der Waals surface area contributed by atoms with Crippen molar-refractivity contribution < 1.29 is 38.3 Å². The molecule has 1 fully saturated rings. The summed E-state index contributed by atoms with van der Waals surface area (Å²) in [5, 5.41) is 15.9. The molecule has 0 aliphatic carbocycles. The van der Waals surface area contributed by atoms with Crippen LogP contribution in [0.1, 0.15) is 53.1 Å². The number of ketones is 1. The fourth-order valence-electron chi connectivity index (χ4n) is 4.46. The number of hydrazine groups is 1. The fourth-order valence-corrected chi connectivity index (χ4v) is 4.98. The molecular weight excluding hydrogens is 605 g/mol. The van der Waals surface area contributed by atoms with E-state index in [1.54, 1.807) is 30.3 Å².